The first kappa shape index (κ1) is 11.4. The SMILES string of the molecule is O=S(=O)(NCc1cc(F)ccc1F)N1CC1. The van der Waals surface area contributed by atoms with E-state index in [2.05, 4.69) is 4.72 Å². The second-order valence-corrected chi connectivity index (χ2v) is 5.22. The number of nitrogens with zero attached hydrogens (tertiary/aromatic N) is 1. The van der Waals surface area contributed by atoms with Crippen molar-refractivity contribution in [2.75, 3.05) is 13.1 Å². The molecule has 7 heteroatoms. The lowest BCUT2D eigenvalue weighted by Crippen LogP contribution is -2.29. The molecular formula is C9H10F2N2O2S. The third-order valence-electron chi connectivity index (χ3n) is 2.20. The van der Waals surface area contributed by atoms with Gasteiger partial charge < -0.3 is 0 Å². The minimum absolute atomic E-state index is 0.00887. The standard InChI is InChI=1S/C9H10F2N2O2S/c10-8-1-2-9(11)7(5-8)6-12-16(14,15)13-3-4-13/h1-2,5,12H,3-4,6H2. The van der Waals surface area contributed by atoms with Gasteiger partial charge in [-0.15, -0.1) is 0 Å². The first-order valence-electron chi connectivity index (χ1n) is 4.68. The Balaban J connectivity index is 2.07. The van der Waals surface area contributed by atoms with Crippen LogP contribution >= 0.6 is 0 Å². The molecule has 0 unspecified atom stereocenters. The van der Waals surface area contributed by atoms with E-state index in [0.717, 1.165) is 18.2 Å². The molecule has 1 aromatic carbocycles. The second kappa shape index (κ2) is 4.08. The summed E-state index contributed by atoms with van der Waals surface area (Å²) in [6, 6.07) is 2.92. The molecule has 1 N–H and O–H groups in total. The lowest BCUT2D eigenvalue weighted by atomic mass is 10.2. The predicted molar refractivity (Wildman–Crippen MR) is 53.7 cm³/mol. The summed E-state index contributed by atoms with van der Waals surface area (Å²) in [6.45, 7) is 0.699. The normalized spacial score (nSPS) is 16.4. The maximum Gasteiger partial charge on any atom is 0.279 e. The first-order chi connectivity index (χ1) is 7.49. The van der Waals surface area contributed by atoms with Crippen molar-refractivity contribution in [3.8, 4) is 0 Å². The number of benzene rings is 1. The van der Waals surface area contributed by atoms with Gasteiger partial charge in [0.05, 0.1) is 0 Å². The Morgan fingerprint density at radius 1 is 1.31 bits per heavy atom. The summed E-state index contributed by atoms with van der Waals surface area (Å²) < 4.78 is 52.0. The minimum Gasteiger partial charge on any atom is -0.207 e. The van der Waals surface area contributed by atoms with Crippen LogP contribution in [0.25, 0.3) is 0 Å². The molecule has 0 amide bonds. The van der Waals surface area contributed by atoms with Crippen molar-refractivity contribution in [1.29, 1.82) is 0 Å². The van der Waals surface area contributed by atoms with E-state index in [1.165, 1.54) is 4.31 Å². The van der Waals surface area contributed by atoms with Gasteiger partial charge in [0.25, 0.3) is 10.2 Å². The third-order valence-corrected chi connectivity index (χ3v) is 3.75. The van der Waals surface area contributed by atoms with E-state index in [0.29, 0.717) is 13.1 Å². The molecule has 1 aromatic rings. The van der Waals surface area contributed by atoms with Crippen molar-refractivity contribution in [2.45, 2.75) is 6.54 Å². The maximum absolute atomic E-state index is 13.1. The Labute approximate surface area is 92.1 Å². The van der Waals surface area contributed by atoms with Gasteiger partial charge in [0.1, 0.15) is 11.6 Å². The van der Waals surface area contributed by atoms with E-state index in [9.17, 15) is 17.2 Å². The molecule has 1 fully saturated rings. The highest BCUT2D eigenvalue weighted by atomic mass is 32.2. The zero-order valence-electron chi connectivity index (χ0n) is 8.28. The molecule has 0 atom stereocenters. The first-order valence-corrected chi connectivity index (χ1v) is 6.12. The van der Waals surface area contributed by atoms with Crippen molar-refractivity contribution in [2.24, 2.45) is 0 Å². The van der Waals surface area contributed by atoms with E-state index < -0.39 is 21.8 Å². The molecule has 88 valence electrons. The fourth-order valence-electron chi connectivity index (χ4n) is 1.22. The third kappa shape index (κ3) is 2.55. The highest BCUT2D eigenvalue weighted by Crippen LogP contribution is 2.13. The molecule has 0 aromatic heterocycles. The molecule has 0 spiro atoms. The summed E-state index contributed by atoms with van der Waals surface area (Å²) in [5, 5.41) is 0. The van der Waals surface area contributed by atoms with Crippen molar-refractivity contribution in [3.63, 3.8) is 0 Å². The fourth-order valence-corrected chi connectivity index (χ4v) is 2.30. The summed E-state index contributed by atoms with van der Waals surface area (Å²) in [4.78, 5) is 0. The molecule has 1 aliphatic rings. The number of hydrogen-bond donors (Lipinski definition) is 1. The Hall–Kier alpha value is -1.05. The largest absolute Gasteiger partial charge is 0.279 e. The van der Waals surface area contributed by atoms with Crippen LogP contribution in [0.15, 0.2) is 18.2 Å². The van der Waals surface area contributed by atoms with E-state index in [1.807, 2.05) is 0 Å². The van der Waals surface area contributed by atoms with Crippen LogP contribution in [0.5, 0.6) is 0 Å². The second-order valence-electron chi connectivity index (χ2n) is 3.46. The van der Waals surface area contributed by atoms with Crippen LogP contribution in [0.2, 0.25) is 0 Å². The van der Waals surface area contributed by atoms with E-state index >= 15 is 0 Å². The van der Waals surface area contributed by atoms with Gasteiger partial charge in [0, 0.05) is 25.2 Å². The van der Waals surface area contributed by atoms with Gasteiger partial charge >= 0.3 is 0 Å². The number of hydrogen-bond acceptors (Lipinski definition) is 2. The Morgan fingerprint density at radius 2 is 2.00 bits per heavy atom. The lowest BCUT2D eigenvalue weighted by Gasteiger charge is -2.07. The quantitative estimate of drug-likeness (QED) is 0.794. The van der Waals surface area contributed by atoms with Crippen LogP contribution < -0.4 is 4.72 Å². The maximum atomic E-state index is 13.1. The van der Waals surface area contributed by atoms with Crippen molar-refractivity contribution in [1.82, 2.24) is 9.03 Å². The minimum atomic E-state index is -3.52. The van der Waals surface area contributed by atoms with E-state index in [-0.39, 0.29) is 12.1 Å². The molecule has 1 aliphatic heterocycles. The fraction of sp³-hybridized carbons (Fsp3) is 0.333. The summed E-state index contributed by atoms with van der Waals surface area (Å²) >= 11 is 0. The zero-order valence-corrected chi connectivity index (χ0v) is 9.10. The van der Waals surface area contributed by atoms with Gasteiger partial charge in [-0.25, -0.2) is 8.78 Å². The van der Waals surface area contributed by atoms with Crippen LogP contribution in [0.4, 0.5) is 8.78 Å². The van der Waals surface area contributed by atoms with Crippen molar-refractivity contribution < 1.29 is 17.2 Å². The summed E-state index contributed by atoms with van der Waals surface area (Å²) in [7, 11) is -3.52. The molecule has 1 saturated heterocycles. The van der Waals surface area contributed by atoms with Crippen LogP contribution in [0.1, 0.15) is 5.56 Å². The average molecular weight is 248 g/mol. The highest BCUT2D eigenvalue weighted by Gasteiger charge is 2.31. The molecule has 1 heterocycles. The van der Waals surface area contributed by atoms with Crippen LogP contribution in [0.3, 0.4) is 0 Å². The van der Waals surface area contributed by atoms with Crippen molar-refractivity contribution in [3.05, 3.63) is 35.4 Å². The Kier molecular flexibility index (Phi) is 2.92. The van der Waals surface area contributed by atoms with Gasteiger partial charge in [-0.2, -0.15) is 17.4 Å². The summed E-state index contributed by atoms with van der Waals surface area (Å²) in [5.41, 5.74) is -0.00887. The predicted octanol–water partition coefficient (Wildman–Crippen LogP) is 0.615. The number of rotatable bonds is 4. The van der Waals surface area contributed by atoms with E-state index in [1.54, 1.807) is 0 Å². The van der Waals surface area contributed by atoms with E-state index in [4.69, 9.17) is 0 Å². The molecule has 2 rings (SSSR count). The van der Waals surface area contributed by atoms with Crippen LogP contribution in [-0.4, -0.2) is 25.8 Å². The Bertz CT molecular complexity index is 500. The van der Waals surface area contributed by atoms with Gasteiger partial charge in [-0.3, -0.25) is 0 Å². The molecule has 0 saturated carbocycles. The van der Waals surface area contributed by atoms with Gasteiger partial charge in [-0.1, -0.05) is 0 Å². The average Bonchev–Trinajstić information content (AvgIpc) is 3.03. The van der Waals surface area contributed by atoms with Gasteiger partial charge in [-0.05, 0) is 18.2 Å². The van der Waals surface area contributed by atoms with Gasteiger partial charge in [0.15, 0.2) is 0 Å². The number of nitrogens with one attached hydrogen (secondary N) is 1. The molecular weight excluding hydrogens is 238 g/mol. The lowest BCUT2D eigenvalue weighted by molar-refractivity contribution is 0.541. The molecule has 4 nitrogen and oxygen atoms in total. The molecule has 0 aliphatic carbocycles. The molecule has 0 radical (unpaired) electrons. The zero-order chi connectivity index (χ0) is 11.8. The van der Waals surface area contributed by atoms with Crippen LogP contribution in [0, 0.1) is 11.6 Å². The topological polar surface area (TPSA) is 49.2 Å². The Morgan fingerprint density at radius 3 is 2.62 bits per heavy atom. The van der Waals surface area contributed by atoms with Gasteiger partial charge in [0.2, 0.25) is 0 Å². The molecule has 16 heavy (non-hydrogen) atoms. The van der Waals surface area contributed by atoms with Crippen LogP contribution in [-0.2, 0) is 16.8 Å². The summed E-state index contributed by atoms with van der Waals surface area (Å²) in [5.74, 6) is -1.22. The highest BCUT2D eigenvalue weighted by molar-refractivity contribution is 7.87. The summed E-state index contributed by atoms with van der Waals surface area (Å²) in [6.07, 6.45) is 0. The number of halogens is 2. The van der Waals surface area contributed by atoms with Crippen molar-refractivity contribution >= 4 is 10.2 Å². The smallest absolute Gasteiger partial charge is 0.207 e. The monoisotopic (exact) mass is 248 g/mol. The molecule has 0 bridgehead atoms.